The Labute approximate surface area is 173 Å². The third-order valence-corrected chi connectivity index (χ3v) is 4.13. The van der Waals surface area contributed by atoms with Crippen molar-refractivity contribution in [2.24, 2.45) is 0 Å². The summed E-state index contributed by atoms with van der Waals surface area (Å²) in [6, 6.07) is 19.5. The lowest BCUT2D eigenvalue weighted by Crippen LogP contribution is -2.22. The topological polar surface area (TPSA) is 105 Å². The molecule has 0 saturated carbocycles. The van der Waals surface area contributed by atoms with E-state index in [0.29, 0.717) is 22.6 Å². The second-order valence-corrected chi connectivity index (χ2v) is 6.51. The van der Waals surface area contributed by atoms with Crippen LogP contribution >= 0.6 is 0 Å². The van der Waals surface area contributed by atoms with Crippen LogP contribution in [0.5, 0.6) is 11.5 Å². The molecular formula is C23H20N2O5. The highest BCUT2D eigenvalue weighted by molar-refractivity contribution is 6.04. The maximum absolute atomic E-state index is 12.3. The van der Waals surface area contributed by atoms with Crippen LogP contribution in [-0.4, -0.2) is 22.9 Å². The van der Waals surface area contributed by atoms with Gasteiger partial charge < -0.3 is 20.5 Å². The zero-order chi connectivity index (χ0) is 21.5. The molecule has 0 aliphatic carbocycles. The van der Waals surface area contributed by atoms with Gasteiger partial charge in [0.05, 0.1) is 0 Å². The summed E-state index contributed by atoms with van der Waals surface area (Å²) >= 11 is 0. The Bertz CT molecular complexity index is 1080. The molecule has 3 aromatic carbocycles. The van der Waals surface area contributed by atoms with Crippen molar-refractivity contribution < 1.29 is 24.2 Å². The van der Waals surface area contributed by atoms with Gasteiger partial charge in [0.25, 0.3) is 11.8 Å². The van der Waals surface area contributed by atoms with E-state index in [4.69, 9.17) is 4.74 Å². The number of nitrogens with one attached hydrogen (secondary N) is 2. The van der Waals surface area contributed by atoms with E-state index in [9.17, 15) is 19.5 Å². The van der Waals surface area contributed by atoms with Crippen LogP contribution in [0.3, 0.4) is 0 Å². The van der Waals surface area contributed by atoms with Crippen LogP contribution < -0.4 is 15.4 Å². The van der Waals surface area contributed by atoms with Crippen LogP contribution in [0.2, 0.25) is 0 Å². The van der Waals surface area contributed by atoms with E-state index >= 15 is 0 Å². The SMILES string of the molecule is CC(=O)Oc1cccc(C(=O)NCc2ccc(NC(=O)c3cccc(O)c3)cc2)c1. The van der Waals surface area contributed by atoms with Gasteiger partial charge in [-0.25, -0.2) is 0 Å². The maximum Gasteiger partial charge on any atom is 0.308 e. The van der Waals surface area contributed by atoms with E-state index in [1.165, 1.54) is 25.1 Å². The highest BCUT2D eigenvalue weighted by atomic mass is 16.5. The molecule has 0 saturated heterocycles. The largest absolute Gasteiger partial charge is 0.508 e. The first-order valence-electron chi connectivity index (χ1n) is 9.17. The molecule has 0 aromatic heterocycles. The van der Waals surface area contributed by atoms with E-state index < -0.39 is 5.97 Å². The van der Waals surface area contributed by atoms with Crippen LogP contribution in [0.1, 0.15) is 33.2 Å². The summed E-state index contributed by atoms with van der Waals surface area (Å²) in [7, 11) is 0. The van der Waals surface area contributed by atoms with Crippen molar-refractivity contribution >= 4 is 23.5 Å². The van der Waals surface area contributed by atoms with Gasteiger partial charge >= 0.3 is 5.97 Å². The smallest absolute Gasteiger partial charge is 0.308 e. The molecule has 7 nitrogen and oxygen atoms in total. The van der Waals surface area contributed by atoms with Gasteiger partial charge in [-0.3, -0.25) is 14.4 Å². The molecule has 0 radical (unpaired) electrons. The van der Waals surface area contributed by atoms with Gasteiger partial charge in [-0.05, 0) is 54.1 Å². The van der Waals surface area contributed by atoms with Crippen LogP contribution in [-0.2, 0) is 11.3 Å². The Morgan fingerprint density at radius 2 is 1.53 bits per heavy atom. The lowest BCUT2D eigenvalue weighted by Gasteiger charge is -2.09. The number of ether oxygens (including phenoxy) is 1. The lowest BCUT2D eigenvalue weighted by atomic mass is 10.1. The molecule has 0 unspecified atom stereocenters. The van der Waals surface area contributed by atoms with E-state index in [1.807, 2.05) is 0 Å². The molecule has 2 amide bonds. The minimum atomic E-state index is -0.455. The van der Waals surface area contributed by atoms with Gasteiger partial charge in [0.1, 0.15) is 11.5 Å². The van der Waals surface area contributed by atoms with Crippen molar-refractivity contribution in [3.05, 3.63) is 89.5 Å². The van der Waals surface area contributed by atoms with Crippen molar-refractivity contribution in [1.82, 2.24) is 5.32 Å². The first-order chi connectivity index (χ1) is 14.4. The molecular weight excluding hydrogens is 384 g/mol. The number of amides is 2. The van der Waals surface area contributed by atoms with Crippen LogP contribution in [0.25, 0.3) is 0 Å². The summed E-state index contributed by atoms with van der Waals surface area (Å²) in [5.74, 6) is -0.761. The summed E-state index contributed by atoms with van der Waals surface area (Å²) in [6.07, 6.45) is 0. The fourth-order valence-electron chi connectivity index (χ4n) is 2.71. The molecule has 3 rings (SSSR count). The number of aromatic hydroxyl groups is 1. The summed E-state index contributed by atoms with van der Waals surface area (Å²) in [5, 5.41) is 15.0. The Hall–Kier alpha value is -4.13. The normalized spacial score (nSPS) is 10.2. The summed E-state index contributed by atoms with van der Waals surface area (Å²) < 4.78 is 4.98. The third-order valence-electron chi connectivity index (χ3n) is 4.13. The third kappa shape index (κ3) is 5.68. The summed E-state index contributed by atoms with van der Waals surface area (Å²) in [4.78, 5) is 35.6. The van der Waals surface area contributed by atoms with Crippen molar-refractivity contribution in [3.8, 4) is 11.5 Å². The van der Waals surface area contributed by atoms with Gasteiger partial charge in [0.15, 0.2) is 0 Å². The maximum atomic E-state index is 12.3. The minimum absolute atomic E-state index is 0.0205. The molecule has 3 N–H and O–H groups in total. The van der Waals surface area contributed by atoms with Gasteiger partial charge in [-0.1, -0.05) is 24.3 Å². The number of hydrogen-bond donors (Lipinski definition) is 3. The van der Waals surface area contributed by atoms with Gasteiger partial charge in [-0.2, -0.15) is 0 Å². The average Bonchev–Trinajstić information content (AvgIpc) is 2.72. The first-order valence-corrected chi connectivity index (χ1v) is 9.17. The molecule has 30 heavy (non-hydrogen) atoms. The Morgan fingerprint density at radius 1 is 0.867 bits per heavy atom. The molecule has 0 spiro atoms. The Kier molecular flexibility index (Phi) is 6.44. The highest BCUT2D eigenvalue weighted by Gasteiger charge is 2.09. The number of rotatable bonds is 6. The number of phenolic OH excluding ortho intramolecular Hbond substituents is 1. The quantitative estimate of drug-likeness (QED) is 0.431. The number of anilines is 1. The highest BCUT2D eigenvalue weighted by Crippen LogP contribution is 2.16. The molecule has 152 valence electrons. The van der Waals surface area contributed by atoms with Crippen molar-refractivity contribution in [3.63, 3.8) is 0 Å². The molecule has 3 aromatic rings. The number of hydrogen-bond acceptors (Lipinski definition) is 5. The molecule has 7 heteroatoms. The molecule has 0 heterocycles. The molecule has 0 aliphatic heterocycles. The fourth-order valence-corrected chi connectivity index (χ4v) is 2.71. The summed E-state index contributed by atoms with van der Waals surface area (Å²) in [5.41, 5.74) is 2.16. The fraction of sp³-hybridized carbons (Fsp3) is 0.0870. The monoisotopic (exact) mass is 404 g/mol. The number of benzene rings is 3. The van der Waals surface area contributed by atoms with Crippen LogP contribution in [0, 0.1) is 0 Å². The molecule has 0 bridgehead atoms. The zero-order valence-corrected chi connectivity index (χ0v) is 16.2. The molecule has 0 fully saturated rings. The summed E-state index contributed by atoms with van der Waals surface area (Å²) in [6.45, 7) is 1.58. The zero-order valence-electron chi connectivity index (χ0n) is 16.2. The van der Waals surface area contributed by atoms with Crippen LogP contribution in [0.15, 0.2) is 72.8 Å². The molecule has 0 aliphatic rings. The predicted molar refractivity (Wildman–Crippen MR) is 111 cm³/mol. The van der Waals surface area contributed by atoms with Gasteiger partial charge in [-0.15, -0.1) is 0 Å². The van der Waals surface area contributed by atoms with Gasteiger partial charge in [0, 0.05) is 30.3 Å². The van der Waals surface area contributed by atoms with Crippen molar-refractivity contribution in [1.29, 1.82) is 0 Å². The predicted octanol–water partition coefficient (Wildman–Crippen LogP) is 3.50. The van der Waals surface area contributed by atoms with E-state index in [0.717, 1.165) is 5.56 Å². The average molecular weight is 404 g/mol. The Balaban J connectivity index is 1.56. The number of carbonyl (C=O) groups excluding carboxylic acids is 3. The van der Waals surface area contributed by atoms with E-state index in [1.54, 1.807) is 54.6 Å². The van der Waals surface area contributed by atoms with Gasteiger partial charge in [0.2, 0.25) is 0 Å². The Morgan fingerprint density at radius 3 is 2.20 bits per heavy atom. The lowest BCUT2D eigenvalue weighted by molar-refractivity contribution is -0.131. The van der Waals surface area contributed by atoms with E-state index in [-0.39, 0.29) is 24.1 Å². The standard InChI is InChI=1S/C23H20N2O5/c1-15(26)30-21-7-3-5-18(13-21)22(28)24-14-16-8-10-19(11-9-16)25-23(29)17-4-2-6-20(27)12-17/h2-13,27H,14H2,1H3,(H,24,28)(H,25,29). The number of phenols is 1. The number of esters is 1. The van der Waals surface area contributed by atoms with Crippen molar-refractivity contribution in [2.75, 3.05) is 5.32 Å². The van der Waals surface area contributed by atoms with Crippen LogP contribution in [0.4, 0.5) is 5.69 Å². The second kappa shape index (κ2) is 9.38. The minimum Gasteiger partial charge on any atom is -0.508 e. The first kappa shape index (κ1) is 20.6. The van der Waals surface area contributed by atoms with E-state index in [2.05, 4.69) is 10.6 Å². The second-order valence-electron chi connectivity index (χ2n) is 6.51. The van der Waals surface area contributed by atoms with Crippen molar-refractivity contribution in [2.45, 2.75) is 13.5 Å². The molecule has 0 atom stereocenters. The number of carbonyl (C=O) groups is 3.